The predicted molar refractivity (Wildman–Crippen MR) is 79.4 cm³/mol. The van der Waals surface area contributed by atoms with Gasteiger partial charge in [-0.1, -0.05) is 6.42 Å². The molecule has 1 fully saturated rings. The number of carbonyl (C=O) groups is 1. The average molecular weight is 278 g/mol. The Balaban J connectivity index is 1.68. The summed E-state index contributed by atoms with van der Waals surface area (Å²) < 4.78 is 0. The first-order valence-corrected chi connectivity index (χ1v) is 7.58. The summed E-state index contributed by atoms with van der Waals surface area (Å²) in [6.07, 6.45) is 10.1. The fraction of sp³-hybridized carbons (Fsp3) is 0.733. The molecule has 0 aliphatic carbocycles. The van der Waals surface area contributed by atoms with Crippen molar-refractivity contribution in [1.82, 2.24) is 20.0 Å². The maximum atomic E-state index is 12.1. The molecule has 1 N–H and O–H groups in total. The van der Waals surface area contributed by atoms with Crippen molar-refractivity contribution in [2.75, 3.05) is 27.2 Å². The Kier molecular flexibility index (Phi) is 5.59. The third kappa shape index (κ3) is 4.34. The summed E-state index contributed by atoms with van der Waals surface area (Å²) in [4.78, 5) is 16.4. The van der Waals surface area contributed by atoms with Crippen molar-refractivity contribution < 1.29 is 4.79 Å². The van der Waals surface area contributed by atoms with Gasteiger partial charge in [-0.2, -0.15) is 5.10 Å². The molecule has 2 rings (SSSR count). The summed E-state index contributed by atoms with van der Waals surface area (Å²) in [6, 6.07) is 0.593. The zero-order valence-corrected chi connectivity index (χ0v) is 12.6. The van der Waals surface area contributed by atoms with Crippen LogP contribution in [-0.2, 0) is 11.2 Å². The van der Waals surface area contributed by atoms with E-state index in [1.165, 1.54) is 25.8 Å². The van der Waals surface area contributed by atoms with Gasteiger partial charge in [-0.15, -0.1) is 0 Å². The van der Waals surface area contributed by atoms with Gasteiger partial charge in [0.1, 0.15) is 0 Å². The van der Waals surface area contributed by atoms with Gasteiger partial charge in [-0.25, -0.2) is 0 Å². The number of H-pyrrole nitrogens is 1. The number of aromatic nitrogens is 2. The van der Waals surface area contributed by atoms with Crippen molar-refractivity contribution in [3.05, 3.63) is 18.0 Å². The smallest absolute Gasteiger partial charge is 0.222 e. The van der Waals surface area contributed by atoms with Crippen molar-refractivity contribution in [3.63, 3.8) is 0 Å². The molecule has 2 heterocycles. The van der Waals surface area contributed by atoms with Crippen molar-refractivity contribution in [3.8, 4) is 0 Å². The van der Waals surface area contributed by atoms with Gasteiger partial charge < -0.3 is 9.80 Å². The number of amides is 1. The molecule has 20 heavy (non-hydrogen) atoms. The second-order valence-electron chi connectivity index (χ2n) is 5.84. The van der Waals surface area contributed by atoms with Crippen LogP contribution in [-0.4, -0.2) is 59.1 Å². The molecule has 1 aromatic heterocycles. The minimum atomic E-state index is 0.257. The maximum Gasteiger partial charge on any atom is 0.222 e. The van der Waals surface area contributed by atoms with E-state index in [0.29, 0.717) is 12.5 Å². The Morgan fingerprint density at radius 3 is 3.10 bits per heavy atom. The summed E-state index contributed by atoms with van der Waals surface area (Å²) in [6.45, 7) is 1.94. The van der Waals surface area contributed by atoms with Crippen LogP contribution in [0.5, 0.6) is 0 Å². The predicted octanol–water partition coefficient (Wildman–Crippen LogP) is 1.68. The second kappa shape index (κ2) is 7.43. The number of aromatic amines is 1. The summed E-state index contributed by atoms with van der Waals surface area (Å²) >= 11 is 0. The van der Waals surface area contributed by atoms with Crippen LogP contribution in [0, 0.1) is 0 Å². The van der Waals surface area contributed by atoms with E-state index in [2.05, 4.69) is 22.1 Å². The highest BCUT2D eigenvalue weighted by molar-refractivity contribution is 5.75. The molecule has 5 heteroatoms. The fourth-order valence-corrected chi connectivity index (χ4v) is 2.83. The van der Waals surface area contributed by atoms with Crippen LogP contribution in [0.2, 0.25) is 0 Å². The van der Waals surface area contributed by atoms with Crippen LogP contribution in [0.4, 0.5) is 0 Å². The first-order chi connectivity index (χ1) is 9.66. The van der Waals surface area contributed by atoms with Crippen LogP contribution in [0.3, 0.4) is 0 Å². The van der Waals surface area contributed by atoms with Gasteiger partial charge in [-0.3, -0.25) is 9.89 Å². The number of likely N-dealkylation sites (tertiary alicyclic amines) is 1. The fourth-order valence-electron chi connectivity index (χ4n) is 2.83. The zero-order chi connectivity index (χ0) is 14.4. The van der Waals surface area contributed by atoms with Gasteiger partial charge >= 0.3 is 0 Å². The van der Waals surface area contributed by atoms with Gasteiger partial charge in [0.2, 0.25) is 5.91 Å². The van der Waals surface area contributed by atoms with Gasteiger partial charge in [0.05, 0.1) is 6.20 Å². The Bertz CT molecular complexity index is 404. The second-order valence-corrected chi connectivity index (χ2v) is 5.84. The number of piperidine rings is 1. The molecule has 0 bridgehead atoms. The van der Waals surface area contributed by atoms with Gasteiger partial charge in [0.15, 0.2) is 0 Å². The minimum absolute atomic E-state index is 0.257. The van der Waals surface area contributed by atoms with Gasteiger partial charge in [-0.05, 0) is 44.8 Å². The van der Waals surface area contributed by atoms with E-state index in [1.807, 2.05) is 24.3 Å². The van der Waals surface area contributed by atoms with Gasteiger partial charge in [0, 0.05) is 32.3 Å². The third-order valence-electron chi connectivity index (χ3n) is 4.33. The zero-order valence-electron chi connectivity index (χ0n) is 12.6. The lowest BCUT2D eigenvalue weighted by molar-refractivity contribution is -0.130. The molecule has 1 aliphatic heterocycles. The number of nitrogens with one attached hydrogen (secondary N) is 1. The lowest BCUT2D eigenvalue weighted by Gasteiger charge is -2.32. The van der Waals surface area contributed by atoms with E-state index >= 15 is 0 Å². The molecule has 1 saturated heterocycles. The van der Waals surface area contributed by atoms with E-state index in [1.54, 1.807) is 0 Å². The molecule has 0 spiro atoms. The molecule has 112 valence electrons. The number of rotatable bonds is 6. The number of carbonyl (C=O) groups excluding carboxylic acids is 1. The first-order valence-electron chi connectivity index (χ1n) is 7.58. The van der Waals surface area contributed by atoms with E-state index < -0.39 is 0 Å². The van der Waals surface area contributed by atoms with E-state index in [0.717, 1.165) is 24.9 Å². The van der Waals surface area contributed by atoms with Crippen LogP contribution < -0.4 is 0 Å². The van der Waals surface area contributed by atoms with E-state index in [9.17, 15) is 4.79 Å². The molecule has 0 radical (unpaired) electrons. The first kappa shape index (κ1) is 15.0. The highest BCUT2D eigenvalue weighted by atomic mass is 16.2. The van der Waals surface area contributed by atoms with Crippen LogP contribution in [0.1, 0.15) is 37.7 Å². The lowest BCUT2D eigenvalue weighted by atomic mass is 9.98. The topological polar surface area (TPSA) is 52.2 Å². The number of likely N-dealkylation sites (N-methyl/N-ethyl adjacent to an activating group) is 1. The molecule has 1 atom stereocenters. The van der Waals surface area contributed by atoms with Crippen molar-refractivity contribution in [2.24, 2.45) is 0 Å². The Labute approximate surface area is 121 Å². The standard InChI is InChI=1S/C15H26N4O/c1-18-9-4-3-5-14(18)6-7-15(20)19(2)10-8-13-11-16-17-12-13/h11-12,14H,3-10H2,1-2H3,(H,16,17)/t14-/m1/s1. The largest absolute Gasteiger partial charge is 0.345 e. The monoisotopic (exact) mass is 278 g/mol. The van der Waals surface area contributed by atoms with Gasteiger partial charge in [0.25, 0.3) is 0 Å². The maximum absolute atomic E-state index is 12.1. The van der Waals surface area contributed by atoms with Crippen LogP contribution in [0.15, 0.2) is 12.4 Å². The SMILES string of the molecule is CN(CCc1cn[nH]c1)C(=O)CC[C@H]1CCCCN1C. The summed E-state index contributed by atoms with van der Waals surface area (Å²) in [5, 5.41) is 6.71. The molecule has 0 aromatic carbocycles. The third-order valence-corrected chi connectivity index (χ3v) is 4.33. The molecular formula is C15H26N4O. The van der Waals surface area contributed by atoms with Crippen molar-refractivity contribution >= 4 is 5.91 Å². The molecule has 0 saturated carbocycles. The minimum Gasteiger partial charge on any atom is -0.345 e. The average Bonchev–Trinajstić information content (AvgIpc) is 2.97. The van der Waals surface area contributed by atoms with E-state index in [-0.39, 0.29) is 5.91 Å². The Morgan fingerprint density at radius 2 is 2.40 bits per heavy atom. The quantitative estimate of drug-likeness (QED) is 0.861. The van der Waals surface area contributed by atoms with Crippen molar-refractivity contribution in [1.29, 1.82) is 0 Å². The number of hydrogen-bond donors (Lipinski definition) is 1. The molecule has 1 aromatic rings. The van der Waals surface area contributed by atoms with Crippen LogP contribution >= 0.6 is 0 Å². The highest BCUT2D eigenvalue weighted by Crippen LogP contribution is 2.19. The van der Waals surface area contributed by atoms with Crippen LogP contribution in [0.25, 0.3) is 0 Å². The highest BCUT2D eigenvalue weighted by Gasteiger charge is 2.20. The molecule has 5 nitrogen and oxygen atoms in total. The summed E-state index contributed by atoms with van der Waals surface area (Å²) in [5.41, 5.74) is 1.15. The Hall–Kier alpha value is -1.36. The molecule has 0 unspecified atom stereocenters. The summed E-state index contributed by atoms with van der Waals surface area (Å²) in [5.74, 6) is 0.257. The lowest BCUT2D eigenvalue weighted by Crippen LogP contribution is -2.37. The molecular weight excluding hydrogens is 252 g/mol. The Morgan fingerprint density at radius 1 is 1.55 bits per heavy atom. The summed E-state index contributed by atoms with van der Waals surface area (Å²) in [7, 11) is 4.07. The molecule has 1 aliphatic rings. The molecule has 1 amide bonds. The van der Waals surface area contributed by atoms with E-state index in [4.69, 9.17) is 0 Å². The normalized spacial score (nSPS) is 20.0. The number of nitrogens with zero attached hydrogens (tertiary/aromatic N) is 3. The number of hydrogen-bond acceptors (Lipinski definition) is 3. The van der Waals surface area contributed by atoms with Crippen molar-refractivity contribution in [2.45, 2.75) is 44.6 Å².